The molecule has 0 atom stereocenters. The predicted octanol–water partition coefficient (Wildman–Crippen LogP) is 3.72. The number of carbonyl (C=O) groups excluding carboxylic acids is 1. The summed E-state index contributed by atoms with van der Waals surface area (Å²) in [4.78, 5) is 13.0. The maximum Gasteiger partial charge on any atom is 0.430 e. The molecule has 4 aromatic rings. The van der Waals surface area contributed by atoms with Gasteiger partial charge in [0.05, 0.1) is 5.60 Å². The van der Waals surface area contributed by atoms with Crippen LogP contribution in [0.5, 0.6) is 0 Å². The zero-order chi connectivity index (χ0) is 27.7. The van der Waals surface area contributed by atoms with Gasteiger partial charge in [0.25, 0.3) is 0 Å². The fourth-order valence-corrected chi connectivity index (χ4v) is 5.02. The molecule has 0 saturated heterocycles. The van der Waals surface area contributed by atoms with E-state index in [9.17, 15) is 23.5 Å². The molecular formula is C29H24F3N3O3. The standard InChI is InChI=1S/C27H23N3O.C2HF3O2/c1-26(31)16-27(29,17-26)21-9-7-19(8-10-21)22-13-20-11-12-30-25(15-28)24(20)14-23(22)18-5-3-2-4-6-18;3-2(4,5)1(6)7/h2-14,31H,16-17,29H2,1H3;(H,6,7). The number of quaternary nitrogens is 1. The number of aliphatic hydroxyl groups is 1. The molecule has 1 heterocycles. The number of aromatic nitrogens is 1. The van der Waals surface area contributed by atoms with Gasteiger partial charge in [-0.1, -0.05) is 54.6 Å². The monoisotopic (exact) mass is 519 g/mol. The zero-order valence-corrected chi connectivity index (χ0v) is 20.4. The van der Waals surface area contributed by atoms with Crippen LogP contribution in [0.4, 0.5) is 13.2 Å². The molecule has 0 unspecified atom stereocenters. The molecule has 1 aromatic heterocycles. The Balaban J connectivity index is 0.000000426. The molecule has 0 amide bonds. The predicted molar refractivity (Wildman–Crippen MR) is 133 cm³/mol. The van der Waals surface area contributed by atoms with Crippen LogP contribution in [0.2, 0.25) is 0 Å². The highest BCUT2D eigenvalue weighted by molar-refractivity contribution is 5.98. The van der Waals surface area contributed by atoms with Crippen LogP contribution in [0.25, 0.3) is 33.0 Å². The van der Waals surface area contributed by atoms with Gasteiger partial charge in [-0.2, -0.15) is 18.4 Å². The van der Waals surface area contributed by atoms with Crippen molar-refractivity contribution in [3.8, 4) is 28.3 Å². The molecule has 4 N–H and O–H groups in total. The number of benzene rings is 3. The lowest BCUT2D eigenvalue weighted by Crippen LogP contribution is -2.79. The smallest absolute Gasteiger partial charge is 0.430 e. The summed E-state index contributed by atoms with van der Waals surface area (Å²) in [7, 11) is 0. The Morgan fingerprint density at radius 2 is 1.58 bits per heavy atom. The van der Waals surface area contributed by atoms with Crippen molar-refractivity contribution in [2.75, 3.05) is 0 Å². The van der Waals surface area contributed by atoms with Gasteiger partial charge in [0.2, 0.25) is 0 Å². The van der Waals surface area contributed by atoms with Crippen LogP contribution in [0.1, 0.15) is 31.0 Å². The number of alkyl halides is 3. The molecule has 0 radical (unpaired) electrons. The fraction of sp³-hybridized carbons (Fsp3) is 0.207. The third-order valence-corrected chi connectivity index (χ3v) is 6.57. The van der Waals surface area contributed by atoms with E-state index in [1.54, 1.807) is 6.20 Å². The van der Waals surface area contributed by atoms with Crippen molar-refractivity contribution in [3.05, 3.63) is 90.3 Å². The highest BCUT2D eigenvalue weighted by Gasteiger charge is 2.53. The van der Waals surface area contributed by atoms with Crippen LogP contribution >= 0.6 is 0 Å². The number of nitriles is 1. The first-order valence-electron chi connectivity index (χ1n) is 11.7. The topological polar surface area (TPSA) is 125 Å². The second-order valence-corrected chi connectivity index (χ2v) is 9.75. The average molecular weight is 520 g/mol. The number of fused-ring (bicyclic) bond motifs is 1. The summed E-state index contributed by atoms with van der Waals surface area (Å²) in [6.45, 7) is 1.87. The largest absolute Gasteiger partial charge is 0.542 e. The first-order chi connectivity index (χ1) is 17.8. The number of rotatable bonds is 3. The van der Waals surface area contributed by atoms with Gasteiger partial charge in [0.1, 0.15) is 23.3 Å². The number of hydrogen-bond acceptors (Lipinski definition) is 5. The van der Waals surface area contributed by atoms with E-state index in [-0.39, 0.29) is 5.54 Å². The summed E-state index contributed by atoms with van der Waals surface area (Å²) in [5, 5.41) is 30.3. The highest BCUT2D eigenvalue weighted by atomic mass is 19.4. The Morgan fingerprint density at radius 1 is 1.03 bits per heavy atom. The van der Waals surface area contributed by atoms with E-state index in [2.05, 4.69) is 65.3 Å². The number of hydrogen-bond donors (Lipinski definition) is 2. The minimum absolute atomic E-state index is 0.221. The SMILES string of the molecule is CC1(O)CC([NH3+])(c2ccc(-c3cc4ccnc(C#N)c4cc3-c3ccccc3)cc2)C1.O=C([O-])C(F)(F)F. The number of pyridine rings is 1. The number of nitrogens with zero attached hydrogens (tertiary/aromatic N) is 2. The lowest BCUT2D eigenvalue weighted by atomic mass is 9.63. The number of carboxylic acid groups (broad SMARTS) is 1. The van der Waals surface area contributed by atoms with Gasteiger partial charge in [-0.05, 0) is 52.8 Å². The second-order valence-electron chi connectivity index (χ2n) is 9.75. The number of carbonyl (C=O) groups is 1. The Morgan fingerprint density at radius 3 is 2.11 bits per heavy atom. The minimum atomic E-state index is -5.19. The zero-order valence-electron chi connectivity index (χ0n) is 20.4. The van der Waals surface area contributed by atoms with Crippen LogP contribution in [0, 0.1) is 11.3 Å². The number of halogens is 3. The second kappa shape index (κ2) is 9.89. The van der Waals surface area contributed by atoms with E-state index in [4.69, 9.17) is 9.90 Å². The Kier molecular flexibility index (Phi) is 6.98. The van der Waals surface area contributed by atoms with Crippen molar-refractivity contribution in [2.24, 2.45) is 0 Å². The van der Waals surface area contributed by atoms with E-state index >= 15 is 0 Å². The van der Waals surface area contributed by atoms with Crippen LogP contribution in [-0.4, -0.2) is 27.8 Å². The first-order valence-corrected chi connectivity index (χ1v) is 11.7. The molecule has 0 bridgehead atoms. The Bertz CT molecular complexity index is 1520. The van der Waals surface area contributed by atoms with Crippen molar-refractivity contribution in [2.45, 2.75) is 37.1 Å². The van der Waals surface area contributed by atoms with Gasteiger partial charge in [-0.15, -0.1) is 0 Å². The Labute approximate surface area is 216 Å². The van der Waals surface area contributed by atoms with E-state index in [0.29, 0.717) is 18.5 Å². The van der Waals surface area contributed by atoms with Crippen LogP contribution < -0.4 is 10.8 Å². The van der Waals surface area contributed by atoms with E-state index in [0.717, 1.165) is 38.6 Å². The van der Waals surface area contributed by atoms with Gasteiger partial charge in [-0.3, -0.25) is 0 Å². The Hall–Kier alpha value is -4.26. The molecule has 6 nitrogen and oxygen atoms in total. The van der Waals surface area contributed by atoms with Crippen molar-refractivity contribution >= 4 is 16.7 Å². The number of carboxylic acids is 1. The molecule has 1 fully saturated rings. The highest BCUT2D eigenvalue weighted by Crippen LogP contribution is 2.45. The lowest BCUT2D eigenvalue weighted by molar-refractivity contribution is -0.528. The molecule has 0 spiro atoms. The van der Waals surface area contributed by atoms with E-state index in [1.807, 2.05) is 31.2 Å². The summed E-state index contributed by atoms with van der Waals surface area (Å²) >= 11 is 0. The molecule has 1 saturated carbocycles. The van der Waals surface area contributed by atoms with Gasteiger partial charge in [0, 0.05) is 30.0 Å². The van der Waals surface area contributed by atoms with Crippen molar-refractivity contribution in [3.63, 3.8) is 0 Å². The summed E-state index contributed by atoms with van der Waals surface area (Å²) < 4.78 is 31.5. The molecule has 9 heteroatoms. The van der Waals surface area contributed by atoms with Crippen LogP contribution in [0.15, 0.2) is 79.0 Å². The number of aliphatic carboxylic acids is 1. The van der Waals surface area contributed by atoms with Crippen molar-refractivity contribution in [1.82, 2.24) is 4.98 Å². The minimum Gasteiger partial charge on any atom is -0.542 e. The normalized spacial score (nSPS) is 20.6. The lowest BCUT2D eigenvalue weighted by Gasteiger charge is -2.46. The van der Waals surface area contributed by atoms with Crippen LogP contribution in [0.3, 0.4) is 0 Å². The third-order valence-electron chi connectivity index (χ3n) is 6.57. The maximum atomic E-state index is 10.5. The van der Waals surface area contributed by atoms with Gasteiger partial charge in [0.15, 0.2) is 0 Å². The molecule has 1 aliphatic rings. The summed E-state index contributed by atoms with van der Waals surface area (Å²) in [6, 6.07) is 27.1. The van der Waals surface area contributed by atoms with Gasteiger partial charge >= 0.3 is 6.18 Å². The fourth-order valence-electron chi connectivity index (χ4n) is 5.02. The average Bonchev–Trinajstić information content (AvgIpc) is 2.86. The molecule has 5 rings (SSSR count). The maximum absolute atomic E-state index is 10.5. The van der Waals surface area contributed by atoms with E-state index < -0.39 is 17.7 Å². The molecule has 38 heavy (non-hydrogen) atoms. The van der Waals surface area contributed by atoms with Gasteiger partial charge < -0.3 is 20.7 Å². The molecule has 3 aromatic carbocycles. The van der Waals surface area contributed by atoms with Gasteiger partial charge in [-0.25, -0.2) is 4.98 Å². The summed E-state index contributed by atoms with van der Waals surface area (Å²) in [6.07, 6.45) is -2.16. The van der Waals surface area contributed by atoms with Crippen molar-refractivity contribution < 1.29 is 33.9 Å². The van der Waals surface area contributed by atoms with E-state index in [1.165, 1.54) is 0 Å². The summed E-state index contributed by atoms with van der Waals surface area (Å²) in [5.74, 6) is -3.01. The summed E-state index contributed by atoms with van der Waals surface area (Å²) in [5.41, 5.74) is 9.51. The molecular weight excluding hydrogens is 495 g/mol. The van der Waals surface area contributed by atoms with Crippen LogP contribution in [-0.2, 0) is 10.3 Å². The third kappa shape index (κ3) is 5.52. The molecule has 1 aliphatic carbocycles. The molecule has 0 aliphatic heterocycles. The molecule has 194 valence electrons. The van der Waals surface area contributed by atoms with Crippen molar-refractivity contribution in [1.29, 1.82) is 5.26 Å². The quantitative estimate of drug-likeness (QED) is 0.427. The first kappa shape index (κ1) is 26.8.